The van der Waals surface area contributed by atoms with Gasteiger partial charge in [-0.05, 0) is 92.3 Å². The highest BCUT2D eigenvalue weighted by Gasteiger charge is 2.32. The van der Waals surface area contributed by atoms with Gasteiger partial charge in [0.2, 0.25) is 0 Å². The number of nitrogens with zero attached hydrogens (tertiary/aromatic N) is 2. The third kappa shape index (κ3) is 4.90. The van der Waals surface area contributed by atoms with E-state index in [9.17, 15) is 4.79 Å². The summed E-state index contributed by atoms with van der Waals surface area (Å²) >= 11 is 0. The highest BCUT2D eigenvalue weighted by Crippen LogP contribution is 2.38. The summed E-state index contributed by atoms with van der Waals surface area (Å²) in [7, 11) is 3.33. The molecule has 0 radical (unpaired) electrons. The number of methoxy groups -OCH3 is 2. The van der Waals surface area contributed by atoms with Gasteiger partial charge in [0.25, 0.3) is 0 Å². The lowest BCUT2D eigenvalue weighted by Crippen LogP contribution is -2.23. The first kappa shape index (κ1) is 25.3. The van der Waals surface area contributed by atoms with E-state index in [-0.39, 0.29) is 5.78 Å². The van der Waals surface area contributed by atoms with Gasteiger partial charge >= 0.3 is 0 Å². The zero-order chi connectivity index (χ0) is 27.5. The van der Waals surface area contributed by atoms with Gasteiger partial charge in [-0.1, -0.05) is 48.5 Å². The molecule has 2 unspecified atom stereocenters. The topological polar surface area (TPSA) is 61.3 Å². The van der Waals surface area contributed by atoms with Crippen LogP contribution in [0.5, 0.6) is 11.5 Å². The second-order valence-electron chi connectivity index (χ2n) is 9.77. The Balaban J connectivity index is 1.51. The average molecular weight is 525 g/mol. The fourth-order valence-corrected chi connectivity index (χ4v) is 5.42. The minimum absolute atomic E-state index is 0.0816. The summed E-state index contributed by atoms with van der Waals surface area (Å²) < 4.78 is 10.8. The van der Waals surface area contributed by atoms with E-state index in [0.717, 1.165) is 55.3 Å². The highest BCUT2D eigenvalue weighted by molar-refractivity contribution is 5.99. The number of ether oxygens (including phenoxy) is 2. The fourth-order valence-electron chi connectivity index (χ4n) is 5.42. The molecule has 5 heteroatoms. The SMILES string of the molecule is COc1ccc2cc(C(C(=O)C(c3ccncc3)c3ccc4cc(OC)ccc4c3)c3ccncc3)ccc2c1. The van der Waals surface area contributed by atoms with Gasteiger partial charge in [0.15, 0.2) is 5.78 Å². The van der Waals surface area contributed by atoms with E-state index in [2.05, 4.69) is 34.2 Å². The van der Waals surface area contributed by atoms with E-state index in [0.29, 0.717) is 0 Å². The maximum Gasteiger partial charge on any atom is 0.156 e. The minimum Gasteiger partial charge on any atom is -0.497 e. The zero-order valence-electron chi connectivity index (χ0n) is 22.3. The first-order valence-electron chi connectivity index (χ1n) is 13.1. The lowest BCUT2D eigenvalue weighted by molar-refractivity contribution is -0.120. The van der Waals surface area contributed by atoms with E-state index in [1.165, 1.54) is 0 Å². The van der Waals surface area contributed by atoms with Gasteiger partial charge in [-0.15, -0.1) is 0 Å². The Morgan fingerprint density at radius 2 is 0.875 bits per heavy atom. The molecule has 6 rings (SSSR count). The molecule has 0 bridgehead atoms. The standard InChI is InChI=1S/C35H28N2O3/c1-39-31-9-7-25-19-29(5-3-27(25)21-31)33(23-11-15-36-16-12-23)35(38)34(24-13-17-37-18-14-24)30-6-4-28-22-32(40-2)10-8-26(28)20-30/h3-22,33-34H,1-2H3. The molecule has 0 aliphatic carbocycles. The second-order valence-corrected chi connectivity index (χ2v) is 9.77. The molecule has 196 valence electrons. The molecular weight excluding hydrogens is 496 g/mol. The van der Waals surface area contributed by atoms with Crippen molar-refractivity contribution in [1.82, 2.24) is 9.97 Å². The van der Waals surface area contributed by atoms with E-state index in [1.54, 1.807) is 39.0 Å². The largest absolute Gasteiger partial charge is 0.497 e. The Hall–Kier alpha value is -5.03. The number of ketones is 1. The number of carbonyl (C=O) groups is 1. The molecule has 0 saturated carbocycles. The number of fused-ring (bicyclic) bond motifs is 2. The van der Waals surface area contributed by atoms with Crippen LogP contribution in [0.3, 0.4) is 0 Å². The summed E-state index contributed by atoms with van der Waals surface area (Å²) in [6.07, 6.45) is 6.97. The molecule has 4 aromatic carbocycles. The smallest absolute Gasteiger partial charge is 0.156 e. The Bertz CT molecular complexity index is 1670. The summed E-state index contributed by atoms with van der Waals surface area (Å²) in [6, 6.07) is 32.1. The van der Waals surface area contributed by atoms with Crippen molar-refractivity contribution in [2.45, 2.75) is 11.8 Å². The third-order valence-corrected chi connectivity index (χ3v) is 7.46. The molecule has 0 aliphatic heterocycles. The predicted octanol–water partition coefficient (Wildman–Crippen LogP) is 7.33. The Morgan fingerprint density at radius 1 is 0.500 bits per heavy atom. The molecule has 0 spiro atoms. The summed E-state index contributed by atoms with van der Waals surface area (Å²) in [5.74, 6) is 0.680. The number of hydrogen-bond donors (Lipinski definition) is 0. The van der Waals surface area contributed by atoms with E-state index < -0.39 is 11.8 Å². The zero-order valence-corrected chi connectivity index (χ0v) is 22.3. The van der Waals surface area contributed by atoms with Crippen LogP contribution in [-0.4, -0.2) is 30.0 Å². The molecule has 0 amide bonds. The molecule has 0 fully saturated rings. The molecule has 2 heterocycles. The molecule has 6 aromatic rings. The average Bonchev–Trinajstić information content (AvgIpc) is 3.01. The molecule has 40 heavy (non-hydrogen) atoms. The Kier molecular flexibility index (Phi) is 6.94. The van der Waals surface area contributed by atoms with Crippen LogP contribution in [-0.2, 0) is 4.79 Å². The number of Topliss-reactive ketones (excluding diaryl/α,β-unsaturated/α-hetero) is 1. The molecule has 5 nitrogen and oxygen atoms in total. The van der Waals surface area contributed by atoms with Crippen molar-refractivity contribution >= 4 is 27.3 Å². The number of aromatic nitrogens is 2. The van der Waals surface area contributed by atoms with Crippen molar-refractivity contribution in [2.24, 2.45) is 0 Å². The number of pyridine rings is 2. The number of carbonyl (C=O) groups excluding carboxylic acids is 1. The van der Waals surface area contributed by atoms with Crippen molar-refractivity contribution in [1.29, 1.82) is 0 Å². The lowest BCUT2D eigenvalue weighted by Gasteiger charge is -2.25. The molecule has 0 saturated heterocycles. The molecule has 0 N–H and O–H groups in total. The lowest BCUT2D eigenvalue weighted by atomic mass is 9.77. The summed E-state index contributed by atoms with van der Waals surface area (Å²) in [4.78, 5) is 23.3. The fraction of sp³-hybridized carbons (Fsp3) is 0.114. The van der Waals surface area contributed by atoms with E-state index in [1.807, 2.05) is 72.8 Å². The van der Waals surface area contributed by atoms with Crippen molar-refractivity contribution < 1.29 is 14.3 Å². The quantitative estimate of drug-likeness (QED) is 0.209. The third-order valence-electron chi connectivity index (χ3n) is 7.46. The van der Waals surface area contributed by atoms with E-state index >= 15 is 0 Å². The van der Waals surface area contributed by atoms with Gasteiger partial charge < -0.3 is 9.47 Å². The monoisotopic (exact) mass is 524 g/mol. The van der Waals surface area contributed by atoms with Crippen molar-refractivity contribution in [2.75, 3.05) is 14.2 Å². The van der Waals surface area contributed by atoms with Crippen molar-refractivity contribution in [3.05, 3.63) is 144 Å². The molecule has 2 aromatic heterocycles. The maximum absolute atomic E-state index is 14.8. The second kappa shape index (κ2) is 11.0. The van der Waals surface area contributed by atoms with Gasteiger partial charge in [0, 0.05) is 24.8 Å². The molecule has 0 aliphatic rings. The van der Waals surface area contributed by atoms with Gasteiger partial charge in [0.05, 0.1) is 26.1 Å². The number of benzene rings is 4. The van der Waals surface area contributed by atoms with Crippen LogP contribution < -0.4 is 9.47 Å². The number of rotatable bonds is 8. The first-order valence-corrected chi connectivity index (χ1v) is 13.1. The first-order chi connectivity index (χ1) is 19.6. The van der Waals surface area contributed by atoms with Crippen molar-refractivity contribution in [3.8, 4) is 11.5 Å². The summed E-state index contributed by atoms with van der Waals surface area (Å²) in [5.41, 5.74) is 3.66. The van der Waals surface area contributed by atoms with Crippen LogP contribution in [0, 0.1) is 0 Å². The van der Waals surface area contributed by atoms with Crippen LogP contribution in [0.4, 0.5) is 0 Å². The maximum atomic E-state index is 14.8. The molecular formula is C35H28N2O3. The molecule has 2 atom stereocenters. The van der Waals surface area contributed by atoms with Gasteiger partial charge in [-0.3, -0.25) is 14.8 Å². The van der Waals surface area contributed by atoms with Gasteiger partial charge in [0.1, 0.15) is 11.5 Å². The highest BCUT2D eigenvalue weighted by atomic mass is 16.5. The van der Waals surface area contributed by atoms with Crippen LogP contribution in [0.2, 0.25) is 0 Å². The van der Waals surface area contributed by atoms with Crippen LogP contribution in [0.1, 0.15) is 34.1 Å². The van der Waals surface area contributed by atoms with Crippen LogP contribution in [0.25, 0.3) is 21.5 Å². The summed E-state index contributed by atoms with van der Waals surface area (Å²) in [5, 5.41) is 4.20. The van der Waals surface area contributed by atoms with Crippen LogP contribution in [0.15, 0.2) is 122 Å². The number of hydrogen-bond acceptors (Lipinski definition) is 5. The van der Waals surface area contributed by atoms with Crippen LogP contribution >= 0.6 is 0 Å². The van der Waals surface area contributed by atoms with E-state index in [4.69, 9.17) is 9.47 Å². The summed E-state index contributed by atoms with van der Waals surface area (Å²) in [6.45, 7) is 0. The normalized spacial score (nSPS) is 12.7. The minimum atomic E-state index is -0.501. The van der Waals surface area contributed by atoms with Gasteiger partial charge in [-0.2, -0.15) is 0 Å². The van der Waals surface area contributed by atoms with Crippen molar-refractivity contribution in [3.63, 3.8) is 0 Å². The Morgan fingerprint density at radius 3 is 1.27 bits per heavy atom. The predicted molar refractivity (Wildman–Crippen MR) is 158 cm³/mol. The Labute approximate surface area is 233 Å². The van der Waals surface area contributed by atoms with Gasteiger partial charge in [-0.25, -0.2) is 0 Å².